The van der Waals surface area contributed by atoms with Crippen molar-refractivity contribution in [2.45, 2.75) is 63.7 Å². The van der Waals surface area contributed by atoms with Crippen molar-refractivity contribution in [3.63, 3.8) is 0 Å². The third kappa shape index (κ3) is 9.70. The lowest BCUT2D eigenvalue weighted by molar-refractivity contribution is -0.253. The fourth-order valence-electron chi connectivity index (χ4n) is 6.41. The Morgan fingerprint density at radius 1 is 0.745 bits per heavy atom. The Hall–Kier alpha value is -4.83. The molecule has 0 aromatic heterocycles. The maximum atomic E-state index is 12.4. The molecule has 1 aliphatic rings. The van der Waals surface area contributed by atoms with Gasteiger partial charge in [0.15, 0.2) is 6.29 Å². The number of urea groups is 1. The number of benzene rings is 5. The number of carbonyl (C=O) groups excluding carboxylic acids is 1. The normalized spacial score (nSPS) is 18.6. The molecule has 1 aliphatic heterocycles. The molecule has 0 saturated carbocycles. The average molecular weight is 686 g/mol. The molecule has 5 aromatic rings. The van der Waals surface area contributed by atoms with Gasteiger partial charge in [-0.25, -0.2) is 4.79 Å². The number of likely N-dealkylation sites (N-methyl/N-ethyl adjacent to an activating group) is 1. The molecule has 8 heteroatoms. The highest BCUT2D eigenvalue weighted by Gasteiger charge is 2.34. The first-order valence-corrected chi connectivity index (χ1v) is 17.5. The minimum atomic E-state index is -0.632. The number of rotatable bonds is 13. The van der Waals surface area contributed by atoms with Gasteiger partial charge in [0.05, 0.1) is 24.9 Å². The molecule has 1 heterocycles. The Bertz CT molecular complexity index is 1820. The van der Waals surface area contributed by atoms with E-state index in [2.05, 4.69) is 39.8 Å². The van der Waals surface area contributed by atoms with Crippen LogP contribution in [0.15, 0.2) is 133 Å². The van der Waals surface area contributed by atoms with Crippen LogP contribution in [-0.2, 0) is 29.2 Å². The molecule has 5 atom stereocenters. The predicted molar refractivity (Wildman–Crippen MR) is 199 cm³/mol. The van der Waals surface area contributed by atoms with E-state index in [0.717, 1.165) is 44.5 Å². The number of hydrogen-bond donors (Lipinski definition) is 4. The predicted octanol–water partition coefficient (Wildman–Crippen LogP) is 7.44. The third-order valence-electron chi connectivity index (χ3n) is 9.59. The van der Waals surface area contributed by atoms with E-state index in [1.165, 1.54) is 0 Å². The highest BCUT2D eigenvalue weighted by Crippen LogP contribution is 2.39. The monoisotopic (exact) mass is 685 g/mol. The molecule has 0 spiro atoms. The van der Waals surface area contributed by atoms with Gasteiger partial charge in [0.25, 0.3) is 0 Å². The van der Waals surface area contributed by atoms with E-state index < -0.39 is 12.4 Å². The Morgan fingerprint density at radius 2 is 1.37 bits per heavy atom. The van der Waals surface area contributed by atoms with Crippen LogP contribution in [0.5, 0.6) is 0 Å². The number of aliphatic hydroxyl groups excluding tert-OH is 2. The first-order valence-electron chi connectivity index (χ1n) is 17.5. The summed E-state index contributed by atoms with van der Waals surface area (Å²) in [6.45, 7) is 3.51. The summed E-state index contributed by atoms with van der Waals surface area (Å²) in [6, 6.07) is 43.5. The van der Waals surface area contributed by atoms with Gasteiger partial charge >= 0.3 is 6.03 Å². The zero-order chi connectivity index (χ0) is 35.6. The smallest absolute Gasteiger partial charge is 0.315 e. The SMILES string of the molecule is C[C@@H]([C@H](O)c1ccccc1)N(C)C[C@@H]1C[C@H](c2ccc(CO)cc2)O[C@H](c2ccc(-c3cccc(CNC(=O)NCc4ccccc4)c3)cc2)O1. The number of ether oxygens (including phenoxy) is 2. The Morgan fingerprint density at radius 3 is 2.06 bits per heavy atom. The minimum Gasteiger partial charge on any atom is -0.392 e. The van der Waals surface area contributed by atoms with Crippen molar-refractivity contribution >= 4 is 6.03 Å². The summed E-state index contributed by atoms with van der Waals surface area (Å²) in [7, 11) is 2.02. The zero-order valence-corrected chi connectivity index (χ0v) is 29.2. The van der Waals surface area contributed by atoms with E-state index >= 15 is 0 Å². The second-order valence-electron chi connectivity index (χ2n) is 13.2. The van der Waals surface area contributed by atoms with Gasteiger partial charge in [-0.05, 0) is 59.0 Å². The molecule has 8 nitrogen and oxygen atoms in total. The number of nitrogens with zero attached hydrogens (tertiary/aromatic N) is 1. The first-order chi connectivity index (χ1) is 24.9. The van der Waals surface area contributed by atoms with Crippen molar-refractivity contribution in [2.24, 2.45) is 0 Å². The van der Waals surface area contributed by atoms with Crippen LogP contribution < -0.4 is 10.6 Å². The molecule has 1 saturated heterocycles. The molecule has 0 bridgehead atoms. The summed E-state index contributed by atoms with van der Waals surface area (Å²) in [5.41, 5.74) is 7.81. The van der Waals surface area contributed by atoms with Crippen molar-refractivity contribution in [3.05, 3.63) is 167 Å². The van der Waals surface area contributed by atoms with Crippen molar-refractivity contribution < 1.29 is 24.5 Å². The maximum absolute atomic E-state index is 12.4. The molecule has 4 N–H and O–H groups in total. The van der Waals surface area contributed by atoms with Gasteiger partial charge in [-0.2, -0.15) is 0 Å². The number of nitrogens with one attached hydrogen (secondary N) is 2. The summed E-state index contributed by atoms with van der Waals surface area (Å²) >= 11 is 0. The van der Waals surface area contributed by atoms with Crippen molar-refractivity contribution in [3.8, 4) is 11.1 Å². The molecule has 0 radical (unpaired) electrons. The van der Waals surface area contributed by atoms with Crippen LogP contribution in [0.4, 0.5) is 4.79 Å². The second kappa shape index (κ2) is 17.4. The van der Waals surface area contributed by atoms with Gasteiger partial charge in [0.2, 0.25) is 0 Å². The summed E-state index contributed by atoms with van der Waals surface area (Å²) in [4.78, 5) is 14.6. The van der Waals surface area contributed by atoms with Crippen LogP contribution in [-0.4, -0.2) is 46.9 Å². The van der Waals surface area contributed by atoms with E-state index in [0.29, 0.717) is 26.1 Å². The van der Waals surface area contributed by atoms with Crippen LogP contribution in [0, 0.1) is 0 Å². The summed E-state index contributed by atoms with van der Waals surface area (Å²) in [6.07, 6.45) is -0.940. The number of hydrogen-bond acceptors (Lipinski definition) is 6. The van der Waals surface area contributed by atoms with Crippen LogP contribution >= 0.6 is 0 Å². The summed E-state index contributed by atoms with van der Waals surface area (Å²) in [5.74, 6) is 0. The van der Waals surface area contributed by atoms with Gasteiger partial charge in [-0.3, -0.25) is 4.90 Å². The molecule has 5 aromatic carbocycles. The molecular formula is C43H47N3O5. The van der Waals surface area contributed by atoms with Gasteiger partial charge in [-0.15, -0.1) is 0 Å². The van der Waals surface area contributed by atoms with Crippen LogP contribution in [0.3, 0.4) is 0 Å². The van der Waals surface area contributed by atoms with Crippen molar-refractivity contribution in [1.29, 1.82) is 0 Å². The van der Waals surface area contributed by atoms with Crippen molar-refractivity contribution in [1.82, 2.24) is 15.5 Å². The largest absolute Gasteiger partial charge is 0.392 e. The molecule has 264 valence electrons. The third-order valence-corrected chi connectivity index (χ3v) is 9.59. The topological polar surface area (TPSA) is 103 Å². The van der Waals surface area contributed by atoms with Crippen LogP contribution in [0.2, 0.25) is 0 Å². The van der Waals surface area contributed by atoms with E-state index in [-0.39, 0.29) is 30.9 Å². The highest BCUT2D eigenvalue weighted by molar-refractivity contribution is 5.74. The standard InChI is InChI=1S/C43H47N3O5/c1-30(41(48)36-13-7-4-8-14-36)46(2)28-39-25-40(35-18-16-32(29-47)17-19-35)51-42(50-39)37-22-20-34(21-23-37)38-15-9-12-33(24-38)27-45-43(49)44-26-31-10-5-3-6-11-31/h3-24,30,39-42,47-48H,25-29H2,1-2H3,(H2,44,45,49)/t30-,39-,40+,41-,42+/m0/s1. The summed E-state index contributed by atoms with van der Waals surface area (Å²) < 4.78 is 13.2. The molecule has 1 fully saturated rings. The lowest BCUT2D eigenvalue weighted by Crippen LogP contribution is -2.43. The van der Waals surface area contributed by atoms with E-state index in [1.807, 2.05) is 123 Å². The zero-order valence-electron chi connectivity index (χ0n) is 29.2. The molecule has 6 rings (SSSR count). The Balaban J connectivity index is 1.12. The van der Waals surface area contributed by atoms with E-state index in [4.69, 9.17) is 9.47 Å². The number of aliphatic hydroxyl groups is 2. The number of amides is 2. The minimum absolute atomic E-state index is 0.0115. The lowest BCUT2D eigenvalue weighted by atomic mass is 9.98. The highest BCUT2D eigenvalue weighted by atomic mass is 16.7. The van der Waals surface area contributed by atoms with E-state index in [1.54, 1.807) is 0 Å². The molecule has 0 unspecified atom stereocenters. The fourth-order valence-corrected chi connectivity index (χ4v) is 6.41. The quantitative estimate of drug-likeness (QED) is 0.103. The van der Waals surface area contributed by atoms with Crippen LogP contribution in [0.25, 0.3) is 11.1 Å². The lowest BCUT2D eigenvalue weighted by Gasteiger charge is -2.39. The molecule has 51 heavy (non-hydrogen) atoms. The van der Waals surface area contributed by atoms with Gasteiger partial charge < -0.3 is 30.3 Å². The van der Waals surface area contributed by atoms with Crippen LogP contribution in [0.1, 0.15) is 65.2 Å². The van der Waals surface area contributed by atoms with Crippen molar-refractivity contribution in [2.75, 3.05) is 13.6 Å². The molecular weight excluding hydrogens is 638 g/mol. The van der Waals surface area contributed by atoms with Gasteiger partial charge in [0.1, 0.15) is 0 Å². The van der Waals surface area contributed by atoms with E-state index in [9.17, 15) is 15.0 Å². The fraction of sp³-hybridized carbons (Fsp3) is 0.279. The Kier molecular flexibility index (Phi) is 12.3. The Labute approximate surface area is 300 Å². The van der Waals surface area contributed by atoms with Gasteiger partial charge in [0, 0.05) is 37.7 Å². The first kappa shape index (κ1) is 36.0. The summed E-state index contributed by atoms with van der Waals surface area (Å²) in [5, 5.41) is 26.5. The maximum Gasteiger partial charge on any atom is 0.315 e. The average Bonchev–Trinajstić information content (AvgIpc) is 3.19. The number of carbonyl (C=O) groups is 1. The second-order valence-corrected chi connectivity index (χ2v) is 13.2. The molecule has 0 aliphatic carbocycles. The molecule has 2 amide bonds. The van der Waals surface area contributed by atoms with Gasteiger partial charge in [-0.1, -0.05) is 127 Å².